The molecule has 1 aromatic heterocycles. The Morgan fingerprint density at radius 2 is 1.78 bits per heavy atom. The molecule has 0 amide bonds. The standard InChI is InChI=1S/C13H11F2N3/c1-7-11-5-16-6-12(11)18-13(17-7)8-2-9(14)4-10(15)3-8/h2-4,16H,5-6H2,1H3. The van der Waals surface area contributed by atoms with Crippen LogP contribution in [0.5, 0.6) is 0 Å². The van der Waals surface area contributed by atoms with Crippen LogP contribution in [0.15, 0.2) is 18.2 Å². The molecular weight excluding hydrogens is 236 g/mol. The molecular formula is C13H11F2N3. The van der Waals surface area contributed by atoms with E-state index in [-0.39, 0.29) is 0 Å². The van der Waals surface area contributed by atoms with E-state index in [1.54, 1.807) is 0 Å². The highest BCUT2D eigenvalue weighted by atomic mass is 19.1. The Bertz CT molecular complexity index is 606. The van der Waals surface area contributed by atoms with Crippen molar-refractivity contribution in [2.75, 3.05) is 0 Å². The lowest BCUT2D eigenvalue weighted by atomic mass is 10.1. The topological polar surface area (TPSA) is 37.8 Å². The number of nitrogens with one attached hydrogen (secondary N) is 1. The largest absolute Gasteiger partial charge is 0.307 e. The Hall–Kier alpha value is -1.88. The van der Waals surface area contributed by atoms with Crippen LogP contribution >= 0.6 is 0 Å². The molecule has 3 nitrogen and oxygen atoms in total. The van der Waals surface area contributed by atoms with Crippen LogP contribution in [0.4, 0.5) is 8.78 Å². The van der Waals surface area contributed by atoms with Crippen LogP contribution in [-0.4, -0.2) is 9.97 Å². The molecule has 5 heteroatoms. The van der Waals surface area contributed by atoms with E-state index in [9.17, 15) is 8.78 Å². The smallest absolute Gasteiger partial charge is 0.159 e. The molecule has 1 aromatic carbocycles. The molecule has 0 radical (unpaired) electrons. The summed E-state index contributed by atoms with van der Waals surface area (Å²) >= 11 is 0. The third-order valence-electron chi connectivity index (χ3n) is 3.01. The molecule has 0 bridgehead atoms. The first-order valence-corrected chi connectivity index (χ1v) is 5.67. The number of rotatable bonds is 1. The van der Waals surface area contributed by atoms with Gasteiger partial charge < -0.3 is 5.32 Å². The van der Waals surface area contributed by atoms with E-state index in [1.807, 2.05) is 6.92 Å². The van der Waals surface area contributed by atoms with Gasteiger partial charge >= 0.3 is 0 Å². The second-order valence-electron chi connectivity index (χ2n) is 4.32. The van der Waals surface area contributed by atoms with Gasteiger partial charge in [-0.2, -0.15) is 0 Å². The van der Waals surface area contributed by atoms with E-state index in [2.05, 4.69) is 15.3 Å². The fourth-order valence-corrected chi connectivity index (χ4v) is 2.15. The Morgan fingerprint density at radius 1 is 1.06 bits per heavy atom. The second-order valence-corrected chi connectivity index (χ2v) is 4.32. The van der Waals surface area contributed by atoms with Gasteiger partial charge in [-0.25, -0.2) is 18.7 Å². The van der Waals surface area contributed by atoms with Crippen molar-refractivity contribution in [3.05, 3.63) is 46.8 Å². The van der Waals surface area contributed by atoms with Gasteiger partial charge in [-0.1, -0.05) is 0 Å². The molecule has 0 saturated heterocycles. The van der Waals surface area contributed by atoms with Gasteiger partial charge in [-0.3, -0.25) is 0 Å². The van der Waals surface area contributed by atoms with Gasteiger partial charge in [0.2, 0.25) is 0 Å². The highest BCUT2D eigenvalue weighted by molar-refractivity contribution is 5.56. The van der Waals surface area contributed by atoms with Gasteiger partial charge in [0, 0.05) is 36.0 Å². The Kier molecular flexibility index (Phi) is 2.56. The number of nitrogens with zero attached hydrogens (tertiary/aromatic N) is 2. The molecule has 18 heavy (non-hydrogen) atoms. The van der Waals surface area contributed by atoms with Crippen LogP contribution < -0.4 is 5.32 Å². The summed E-state index contributed by atoms with van der Waals surface area (Å²) in [5.74, 6) is -0.872. The van der Waals surface area contributed by atoms with Crippen molar-refractivity contribution in [2.24, 2.45) is 0 Å². The number of hydrogen-bond acceptors (Lipinski definition) is 3. The van der Waals surface area contributed by atoms with Crippen LogP contribution in [0.1, 0.15) is 17.0 Å². The Labute approximate surface area is 103 Å². The van der Waals surface area contributed by atoms with Gasteiger partial charge in [0.25, 0.3) is 0 Å². The second kappa shape index (κ2) is 4.10. The first-order chi connectivity index (χ1) is 8.63. The van der Waals surface area contributed by atoms with E-state index in [0.29, 0.717) is 17.9 Å². The zero-order chi connectivity index (χ0) is 12.7. The highest BCUT2D eigenvalue weighted by Gasteiger charge is 2.17. The fourth-order valence-electron chi connectivity index (χ4n) is 2.15. The molecule has 0 unspecified atom stereocenters. The summed E-state index contributed by atoms with van der Waals surface area (Å²) in [4.78, 5) is 8.67. The van der Waals surface area contributed by atoms with E-state index in [0.717, 1.165) is 29.6 Å². The van der Waals surface area contributed by atoms with E-state index in [1.165, 1.54) is 12.1 Å². The van der Waals surface area contributed by atoms with Crippen LogP contribution in [0.2, 0.25) is 0 Å². The number of hydrogen-bond donors (Lipinski definition) is 1. The molecule has 0 saturated carbocycles. The zero-order valence-corrected chi connectivity index (χ0v) is 9.80. The quantitative estimate of drug-likeness (QED) is 0.840. The van der Waals surface area contributed by atoms with Crippen molar-refractivity contribution in [1.82, 2.24) is 15.3 Å². The van der Waals surface area contributed by atoms with Crippen molar-refractivity contribution < 1.29 is 8.78 Å². The summed E-state index contributed by atoms with van der Waals surface area (Å²) in [6, 6.07) is 3.32. The molecule has 0 fully saturated rings. The molecule has 0 aliphatic carbocycles. The SMILES string of the molecule is Cc1nc(-c2cc(F)cc(F)c2)nc2c1CNC2. The summed E-state index contributed by atoms with van der Waals surface area (Å²) in [6.45, 7) is 3.30. The maximum Gasteiger partial charge on any atom is 0.159 e. The van der Waals surface area contributed by atoms with Gasteiger partial charge in [0.15, 0.2) is 5.82 Å². The lowest BCUT2D eigenvalue weighted by Gasteiger charge is -2.06. The average molecular weight is 247 g/mol. The molecule has 92 valence electrons. The molecule has 1 aliphatic heterocycles. The molecule has 1 N–H and O–H groups in total. The van der Waals surface area contributed by atoms with E-state index in [4.69, 9.17) is 0 Å². The Morgan fingerprint density at radius 3 is 2.50 bits per heavy atom. The van der Waals surface area contributed by atoms with E-state index >= 15 is 0 Å². The normalized spacial score (nSPS) is 13.7. The molecule has 0 atom stereocenters. The van der Waals surface area contributed by atoms with Crippen molar-refractivity contribution in [3.63, 3.8) is 0 Å². The monoisotopic (exact) mass is 247 g/mol. The lowest BCUT2D eigenvalue weighted by Crippen LogP contribution is -2.00. The summed E-state index contributed by atoms with van der Waals surface area (Å²) in [5, 5.41) is 3.18. The molecule has 3 rings (SSSR count). The average Bonchev–Trinajstić information content (AvgIpc) is 2.76. The van der Waals surface area contributed by atoms with Crippen LogP contribution in [0, 0.1) is 18.6 Å². The number of aryl methyl sites for hydroxylation is 1. The van der Waals surface area contributed by atoms with E-state index < -0.39 is 11.6 Å². The minimum absolute atomic E-state index is 0.366. The summed E-state index contributed by atoms with van der Waals surface area (Å²) < 4.78 is 26.4. The molecule has 2 aromatic rings. The van der Waals surface area contributed by atoms with Gasteiger partial charge in [0.1, 0.15) is 11.6 Å². The van der Waals surface area contributed by atoms with Crippen molar-refractivity contribution in [1.29, 1.82) is 0 Å². The predicted molar refractivity (Wildman–Crippen MR) is 62.7 cm³/mol. The van der Waals surface area contributed by atoms with Crippen LogP contribution in [0.3, 0.4) is 0 Å². The maximum atomic E-state index is 13.2. The van der Waals surface area contributed by atoms with Crippen molar-refractivity contribution in [2.45, 2.75) is 20.0 Å². The van der Waals surface area contributed by atoms with Gasteiger partial charge in [-0.05, 0) is 19.1 Å². The Balaban J connectivity index is 2.15. The first-order valence-electron chi connectivity index (χ1n) is 5.67. The minimum Gasteiger partial charge on any atom is -0.307 e. The molecule has 2 heterocycles. The number of halogens is 2. The predicted octanol–water partition coefficient (Wildman–Crippen LogP) is 2.33. The third-order valence-corrected chi connectivity index (χ3v) is 3.01. The number of aromatic nitrogens is 2. The highest BCUT2D eigenvalue weighted by Crippen LogP contribution is 2.23. The van der Waals surface area contributed by atoms with Gasteiger partial charge in [0.05, 0.1) is 5.69 Å². The lowest BCUT2D eigenvalue weighted by molar-refractivity contribution is 0.584. The van der Waals surface area contributed by atoms with Crippen LogP contribution in [0.25, 0.3) is 11.4 Å². The molecule has 1 aliphatic rings. The number of benzene rings is 1. The molecule has 0 spiro atoms. The first kappa shape index (κ1) is 11.2. The van der Waals surface area contributed by atoms with Crippen LogP contribution in [-0.2, 0) is 13.1 Å². The van der Waals surface area contributed by atoms with Crippen molar-refractivity contribution >= 4 is 0 Å². The summed E-state index contributed by atoms with van der Waals surface area (Å²) in [5.41, 5.74) is 3.20. The maximum absolute atomic E-state index is 13.2. The summed E-state index contributed by atoms with van der Waals surface area (Å²) in [6.07, 6.45) is 0. The number of fused-ring (bicyclic) bond motifs is 1. The minimum atomic E-state index is -0.620. The zero-order valence-electron chi connectivity index (χ0n) is 9.80. The fraction of sp³-hybridized carbons (Fsp3) is 0.231. The third kappa shape index (κ3) is 1.86. The van der Waals surface area contributed by atoms with Crippen molar-refractivity contribution in [3.8, 4) is 11.4 Å². The van der Waals surface area contributed by atoms with Gasteiger partial charge in [-0.15, -0.1) is 0 Å². The summed E-state index contributed by atoms with van der Waals surface area (Å²) in [7, 11) is 0.